The van der Waals surface area contributed by atoms with Gasteiger partial charge in [0, 0.05) is 6.61 Å². The smallest absolute Gasteiger partial charge is 0.381 e. The molecule has 1 saturated heterocycles. The second kappa shape index (κ2) is 2.42. The maximum absolute atomic E-state index is 11.9. The van der Waals surface area contributed by atoms with Crippen LogP contribution in [0.15, 0.2) is 0 Å². The van der Waals surface area contributed by atoms with Gasteiger partial charge in [-0.3, -0.25) is 0 Å². The predicted molar refractivity (Wildman–Crippen MR) is 29.5 cm³/mol. The molecular weight excluding hydrogens is 145 g/mol. The van der Waals surface area contributed by atoms with Crippen LogP contribution in [0.5, 0.6) is 0 Å². The van der Waals surface area contributed by atoms with Crippen molar-refractivity contribution in [2.45, 2.75) is 13.1 Å². The molecule has 60 valence electrons. The molecule has 0 saturated carbocycles. The summed E-state index contributed by atoms with van der Waals surface area (Å²) in [5.41, 5.74) is 0. The standard InChI is InChI=1S/C6H9F3O/c1-4-2-10-3-5(4)6(7,8)9/h4-5H,2-3H2,1H3. The van der Waals surface area contributed by atoms with Crippen molar-refractivity contribution in [3.05, 3.63) is 0 Å². The van der Waals surface area contributed by atoms with Gasteiger partial charge in [0.05, 0.1) is 12.5 Å². The van der Waals surface area contributed by atoms with Crippen LogP contribution in [0.1, 0.15) is 6.92 Å². The number of hydrogen-bond donors (Lipinski definition) is 0. The van der Waals surface area contributed by atoms with E-state index in [9.17, 15) is 13.2 Å². The summed E-state index contributed by atoms with van der Waals surface area (Å²) in [6.07, 6.45) is -4.07. The first-order valence-corrected chi connectivity index (χ1v) is 3.16. The summed E-state index contributed by atoms with van der Waals surface area (Å²) in [4.78, 5) is 0. The van der Waals surface area contributed by atoms with Crippen molar-refractivity contribution >= 4 is 0 Å². The zero-order valence-electron chi connectivity index (χ0n) is 5.61. The second-order valence-electron chi connectivity index (χ2n) is 2.66. The Bertz CT molecular complexity index is 121. The predicted octanol–water partition coefficient (Wildman–Crippen LogP) is 1.83. The van der Waals surface area contributed by atoms with E-state index in [4.69, 9.17) is 0 Å². The van der Waals surface area contributed by atoms with E-state index in [0.717, 1.165) is 0 Å². The second-order valence-corrected chi connectivity index (χ2v) is 2.66. The van der Waals surface area contributed by atoms with E-state index in [1.54, 1.807) is 6.92 Å². The highest BCUT2D eigenvalue weighted by atomic mass is 19.4. The van der Waals surface area contributed by atoms with E-state index in [2.05, 4.69) is 4.74 Å². The third-order valence-electron chi connectivity index (χ3n) is 1.79. The van der Waals surface area contributed by atoms with Crippen LogP contribution in [0.25, 0.3) is 0 Å². The molecule has 0 N–H and O–H groups in total. The lowest BCUT2D eigenvalue weighted by molar-refractivity contribution is -0.181. The van der Waals surface area contributed by atoms with E-state index in [1.165, 1.54) is 0 Å². The van der Waals surface area contributed by atoms with Crippen molar-refractivity contribution < 1.29 is 17.9 Å². The molecule has 0 radical (unpaired) electrons. The van der Waals surface area contributed by atoms with Gasteiger partial charge in [0.15, 0.2) is 0 Å². The molecule has 0 aromatic heterocycles. The van der Waals surface area contributed by atoms with Crippen molar-refractivity contribution in [3.63, 3.8) is 0 Å². The molecule has 4 heteroatoms. The molecule has 0 spiro atoms. The normalized spacial score (nSPS) is 34.8. The average molecular weight is 154 g/mol. The Labute approximate surface area is 57.2 Å². The molecule has 0 aromatic rings. The van der Waals surface area contributed by atoms with Crippen molar-refractivity contribution in [3.8, 4) is 0 Å². The highest BCUT2D eigenvalue weighted by Crippen LogP contribution is 2.35. The van der Waals surface area contributed by atoms with Gasteiger partial charge in [0.25, 0.3) is 0 Å². The minimum absolute atomic E-state index is 0.162. The minimum atomic E-state index is -4.07. The van der Waals surface area contributed by atoms with Crippen LogP contribution in [-0.2, 0) is 4.74 Å². The van der Waals surface area contributed by atoms with Crippen LogP contribution in [0, 0.1) is 11.8 Å². The Morgan fingerprint density at radius 3 is 2.10 bits per heavy atom. The van der Waals surface area contributed by atoms with E-state index >= 15 is 0 Å². The molecule has 1 fully saturated rings. The van der Waals surface area contributed by atoms with Gasteiger partial charge in [0.1, 0.15) is 0 Å². The van der Waals surface area contributed by atoms with Gasteiger partial charge in [-0.2, -0.15) is 13.2 Å². The number of ether oxygens (including phenoxy) is 1. The van der Waals surface area contributed by atoms with E-state index in [1.807, 2.05) is 0 Å². The molecule has 0 aliphatic carbocycles. The molecule has 0 amide bonds. The Morgan fingerprint density at radius 2 is 1.90 bits per heavy atom. The van der Waals surface area contributed by atoms with Crippen LogP contribution in [0.4, 0.5) is 13.2 Å². The highest BCUT2D eigenvalue weighted by molar-refractivity contribution is 4.77. The summed E-state index contributed by atoms with van der Waals surface area (Å²) in [5.74, 6) is -1.62. The fourth-order valence-electron chi connectivity index (χ4n) is 1.08. The third kappa shape index (κ3) is 1.42. The molecule has 1 rings (SSSR count). The van der Waals surface area contributed by atoms with Crippen LogP contribution >= 0.6 is 0 Å². The molecule has 1 aliphatic heterocycles. The Morgan fingerprint density at radius 1 is 1.30 bits per heavy atom. The zero-order valence-corrected chi connectivity index (χ0v) is 5.61. The molecule has 0 bridgehead atoms. The quantitative estimate of drug-likeness (QED) is 0.517. The van der Waals surface area contributed by atoms with Gasteiger partial charge >= 0.3 is 6.18 Å². The fourth-order valence-corrected chi connectivity index (χ4v) is 1.08. The monoisotopic (exact) mass is 154 g/mol. The SMILES string of the molecule is CC1COCC1C(F)(F)F. The zero-order chi connectivity index (χ0) is 7.78. The number of hydrogen-bond acceptors (Lipinski definition) is 1. The minimum Gasteiger partial charge on any atom is -0.381 e. The molecule has 1 nitrogen and oxygen atoms in total. The summed E-state index contributed by atoms with van der Waals surface area (Å²) < 4.78 is 40.5. The maximum atomic E-state index is 11.9. The topological polar surface area (TPSA) is 9.23 Å². The summed E-state index contributed by atoms with van der Waals surface area (Å²) in [6, 6.07) is 0. The van der Waals surface area contributed by atoms with E-state index in [-0.39, 0.29) is 19.1 Å². The number of rotatable bonds is 0. The fraction of sp³-hybridized carbons (Fsp3) is 1.00. The lowest BCUT2D eigenvalue weighted by atomic mass is 9.98. The Kier molecular flexibility index (Phi) is 1.90. The summed E-state index contributed by atoms with van der Waals surface area (Å²) in [7, 11) is 0. The molecule has 1 aliphatic rings. The van der Waals surface area contributed by atoms with Gasteiger partial charge in [-0.05, 0) is 5.92 Å². The Hall–Kier alpha value is -0.250. The summed E-state index contributed by atoms with van der Waals surface area (Å²) >= 11 is 0. The third-order valence-corrected chi connectivity index (χ3v) is 1.79. The summed E-state index contributed by atoms with van der Waals surface area (Å²) in [5, 5.41) is 0. The van der Waals surface area contributed by atoms with Gasteiger partial charge in [0.2, 0.25) is 0 Å². The Balaban J connectivity index is 2.55. The first kappa shape index (κ1) is 7.85. The molecule has 2 atom stereocenters. The van der Waals surface area contributed by atoms with Crippen molar-refractivity contribution in [2.75, 3.05) is 13.2 Å². The lowest BCUT2D eigenvalue weighted by Crippen LogP contribution is -2.27. The van der Waals surface area contributed by atoms with Crippen molar-refractivity contribution in [1.29, 1.82) is 0 Å². The molecular formula is C6H9F3O. The average Bonchev–Trinajstić information content (AvgIpc) is 2.11. The van der Waals surface area contributed by atoms with Gasteiger partial charge in [-0.15, -0.1) is 0 Å². The highest BCUT2D eigenvalue weighted by Gasteiger charge is 2.45. The van der Waals surface area contributed by atoms with Crippen molar-refractivity contribution in [2.24, 2.45) is 11.8 Å². The van der Waals surface area contributed by atoms with Crippen LogP contribution < -0.4 is 0 Å². The molecule has 10 heavy (non-hydrogen) atoms. The van der Waals surface area contributed by atoms with E-state index in [0.29, 0.717) is 0 Å². The van der Waals surface area contributed by atoms with Gasteiger partial charge < -0.3 is 4.74 Å². The van der Waals surface area contributed by atoms with Crippen molar-refractivity contribution in [1.82, 2.24) is 0 Å². The van der Waals surface area contributed by atoms with Gasteiger partial charge in [-0.25, -0.2) is 0 Å². The maximum Gasteiger partial charge on any atom is 0.394 e. The van der Waals surface area contributed by atoms with Crippen LogP contribution in [-0.4, -0.2) is 19.4 Å². The lowest BCUT2D eigenvalue weighted by Gasteiger charge is -2.16. The summed E-state index contributed by atoms with van der Waals surface area (Å²) in [6.45, 7) is 1.64. The number of alkyl halides is 3. The molecule has 0 aromatic carbocycles. The number of halogens is 3. The van der Waals surface area contributed by atoms with Crippen LogP contribution in [0.3, 0.4) is 0 Å². The largest absolute Gasteiger partial charge is 0.394 e. The van der Waals surface area contributed by atoms with Gasteiger partial charge in [-0.1, -0.05) is 6.92 Å². The molecule has 1 heterocycles. The first-order chi connectivity index (χ1) is 4.52. The first-order valence-electron chi connectivity index (χ1n) is 3.16. The molecule has 2 unspecified atom stereocenters. The van der Waals surface area contributed by atoms with Crippen LogP contribution in [0.2, 0.25) is 0 Å². The van der Waals surface area contributed by atoms with E-state index < -0.39 is 12.1 Å².